The number of ether oxygens (including phenoxy) is 1. The van der Waals surface area contributed by atoms with Crippen LogP contribution in [0, 0.1) is 6.92 Å². The number of carbonyl (C=O) groups excluding carboxylic acids is 1. The minimum absolute atomic E-state index is 0.368. The lowest BCUT2D eigenvalue weighted by Gasteiger charge is -2.18. The van der Waals surface area contributed by atoms with Crippen molar-refractivity contribution in [2.24, 2.45) is 0 Å². The molecule has 1 aliphatic carbocycles. The molecule has 6 heteroatoms. The first-order valence-electron chi connectivity index (χ1n) is 7.71. The zero-order valence-electron chi connectivity index (χ0n) is 13.8. The molecule has 0 atom stereocenters. The molecule has 1 saturated carbocycles. The van der Waals surface area contributed by atoms with Crippen LogP contribution in [0.4, 0.5) is 4.79 Å². The molecule has 122 valence electrons. The summed E-state index contributed by atoms with van der Waals surface area (Å²) in [6, 6.07) is 3.68. The van der Waals surface area contributed by atoms with E-state index in [9.17, 15) is 4.79 Å². The van der Waals surface area contributed by atoms with E-state index >= 15 is 0 Å². The molecule has 0 amide bonds. The van der Waals surface area contributed by atoms with Crippen molar-refractivity contribution < 1.29 is 9.53 Å². The fraction of sp³-hybridized carbons (Fsp3) is 0.471. The first-order valence-corrected chi connectivity index (χ1v) is 8.09. The van der Waals surface area contributed by atoms with Crippen LogP contribution in [0.1, 0.15) is 50.9 Å². The van der Waals surface area contributed by atoms with Crippen LogP contribution in [0.15, 0.2) is 18.3 Å². The van der Waals surface area contributed by atoms with Crippen LogP contribution in [0.3, 0.4) is 0 Å². The molecule has 0 radical (unpaired) electrons. The highest BCUT2D eigenvalue weighted by molar-refractivity contribution is 6.33. The van der Waals surface area contributed by atoms with Gasteiger partial charge in [0.15, 0.2) is 0 Å². The fourth-order valence-electron chi connectivity index (χ4n) is 2.36. The summed E-state index contributed by atoms with van der Waals surface area (Å²) in [6.07, 6.45) is 3.33. The number of hydrogen-bond acceptors (Lipinski definition) is 4. The molecule has 0 bridgehead atoms. The maximum absolute atomic E-state index is 12.3. The second kappa shape index (κ2) is 5.64. The Hall–Kier alpha value is -1.88. The van der Waals surface area contributed by atoms with E-state index in [-0.39, 0.29) is 0 Å². The Bertz CT molecular complexity index is 758. The minimum atomic E-state index is -0.567. The van der Waals surface area contributed by atoms with Crippen LogP contribution in [0.5, 0.6) is 0 Å². The molecule has 2 aromatic rings. The Labute approximate surface area is 140 Å². The van der Waals surface area contributed by atoms with Gasteiger partial charge in [-0.3, -0.25) is 4.98 Å². The van der Waals surface area contributed by atoms with Crippen LogP contribution in [-0.2, 0) is 4.74 Å². The van der Waals surface area contributed by atoms with Gasteiger partial charge in [-0.25, -0.2) is 4.79 Å². The van der Waals surface area contributed by atoms with Gasteiger partial charge in [0, 0.05) is 23.4 Å². The van der Waals surface area contributed by atoms with Crippen molar-refractivity contribution in [1.82, 2.24) is 14.8 Å². The number of rotatable bonds is 2. The number of carbonyl (C=O) groups is 1. The van der Waals surface area contributed by atoms with Crippen molar-refractivity contribution in [3.8, 4) is 11.3 Å². The van der Waals surface area contributed by atoms with Crippen LogP contribution in [-0.4, -0.2) is 26.5 Å². The molecule has 0 unspecified atom stereocenters. The Morgan fingerprint density at radius 1 is 1.35 bits per heavy atom. The van der Waals surface area contributed by atoms with E-state index < -0.39 is 11.7 Å². The predicted octanol–water partition coefficient (Wildman–Crippen LogP) is 4.57. The number of nitrogens with zero attached hydrogens (tertiary/aromatic N) is 3. The zero-order chi connectivity index (χ0) is 16.8. The zero-order valence-corrected chi connectivity index (χ0v) is 14.5. The van der Waals surface area contributed by atoms with Gasteiger partial charge in [0.05, 0.1) is 16.4 Å². The molecule has 5 nitrogen and oxygen atoms in total. The molecule has 1 aliphatic rings. The molecule has 0 saturated heterocycles. The maximum atomic E-state index is 12.3. The first-order chi connectivity index (χ1) is 10.7. The SMILES string of the molecule is Cc1ccc(Cl)c(-c2cn(C(=O)OC(C)(C)C)nc2C2CC2)n1. The van der Waals surface area contributed by atoms with Gasteiger partial charge in [0.25, 0.3) is 0 Å². The number of halogens is 1. The third kappa shape index (κ3) is 3.55. The van der Waals surface area contributed by atoms with Crippen molar-refractivity contribution in [2.75, 3.05) is 0 Å². The standard InChI is InChI=1S/C17H20ClN3O2/c1-10-5-8-13(18)15(19-10)12-9-21(16(22)23-17(2,3)4)20-14(12)11-6-7-11/h5,8-9,11H,6-7H2,1-4H3. The molecule has 2 heterocycles. The highest BCUT2D eigenvalue weighted by Crippen LogP contribution is 2.44. The summed E-state index contributed by atoms with van der Waals surface area (Å²) in [5, 5.41) is 5.00. The average molecular weight is 334 g/mol. The summed E-state index contributed by atoms with van der Waals surface area (Å²) >= 11 is 6.31. The largest absolute Gasteiger partial charge is 0.442 e. The van der Waals surface area contributed by atoms with Gasteiger partial charge in [0.1, 0.15) is 5.60 Å². The monoisotopic (exact) mass is 333 g/mol. The summed E-state index contributed by atoms with van der Waals surface area (Å²) in [4.78, 5) is 16.8. The number of aryl methyl sites for hydroxylation is 1. The van der Waals surface area contributed by atoms with E-state index in [1.54, 1.807) is 6.20 Å². The molecule has 1 fully saturated rings. The number of aromatic nitrogens is 3. The lowest BCUT2D eigenvalue weighted by Crippen LogP contribution is -2.27. The lowest BCUT2D eigenvalue weighted by atomic mass is 10.1. The fourth-order valence-corrected chi connectivity index (χ4v) is 2.57. The van der Waals surface area contributed by atoms with Gasteiger partial charge >= 0.3 is 6.09 Å². The summed E-state index contributed by atoms with van der Waals surface area (Å²) in [5.74, 6) is 0.368. The molecule has 3 rings (SSSR count). The van der Waals surface area contributed by atoms with Crippen molar-refractivity contribution in [3.63, 3.8) is 0 Å². The third-order valence-electron chi connectivity index (χ3n) is 3.53. The van der Waals surface area contributed by atoms with Gasteiger partial charge in [-0.1, -0.05) is 11.6 Å². The van der Waals surface area contributed by atoms with E-state index in [1.807, 2.05) is 39.8 Å². The Kier molecular flexibility index (Phi) is 3.92. The normalized spacial score (nSPS) is 14.8. The smallest absolute Gasteiger partial charge is 0.435 e. The summed E-state index contributed by atoms with van der Waals surface area (Å²) in [5.41, 5.74) is 2.66. The molecule has 0 spiro atoms. The summed E-state index contributed by atoms with van der Waals surface area (Å²) < 4.78 is 6.65. The van der Waals surface area contributed by atoms with Crippen molar-refractivity contribution in [1.29, 1.82) is 0 Å². The van der Waals surface area contributed by atoms with E-state index in [2.05, 4.69) is 10.1 Å². The molecule has 0 aromatic carbocycles. The lowest BCUT2D eigenvalue weighted by molar-refractivity contribution is 0.0514. The highest BCUT2D eigenvalue weighted by Gasteiger charge is 2.32. The summed E-state index contributed by atoms with van der Waals surface area (Å²) in [6.45, 7) is 7.40. The molecule has 0 N–H and O–H groups in total. The van der Waals surface area contributed by atoms with Crippen LogP contribution < -0.4 is 0 Å². The molecular weight excluding hydrogens is 314 g/mol. The van der Waals surface area contributed by atoms with Crippen molar-refractivity contribution >= 4 is 17.7 Å². The van der Waals surface area contributed by atoms with Crippen molar-refractivity contribution in [3.05, 3.63) is 34.7 Å². The Balaban J connectivity index is 2.03. The van der Waals surface area contributed by atoms with Crippen molar-refractivity contribution in [2.45, 2.75) is 52.1 Å². The third-order valence-corrected chi connectivity index (χ3v) is 3.83. The highest BCUT2D eigenvalue weighted by atomic mass is 35.5. The second-order valence-electron chi connectivity index (χ2n) is 6.91. The molecule has 2 aromatic heterocycles. The number of pyridine rings is 1. The second-order valence-corrected chi connectivity index (χ2v) is 7.32. The molecule has 0 aliphatic heterocycles. The van der Waals surface area contributed by atoms with E-state index in [4.69, 9.17) is 16.3 Å². The first kappa shape index (κ1) is 16.0. The van der Waals surface area contributed by atoms with Crippen LogP contribution in [0.2, 0.25) is 5.02 Å². The van der Waals surface area contributed by atoms with Gasteiger partial charge in [-0.05, 0) is 52.7 Å². The van der Waals surface area contributed by atoms with E-state index in [0.717, 1.165) is 29.8 Å². The van der Waals surface area contributed by atoms with E-state index in [1.165, 1.54) is 4.68 Å². The maximum Gasteiger partial charge on any atom is 0.435 e. The quantitative estimate of drug-likeness (QED) is 0.808. The van der Waals surface area contributed by atoms with Gasteiger partial charge in [-0.2, -0.15) is 9.78 Å². The number of hydrogen-bond donors (Lipinski definition) is 0. The predicted molar refractivity (Wildman–Crippen MR) is 88.8 cm³/mol. The minimum Gasteiger partial charge on any atom is -0.442 e. The Morgan fingerprint density at radius 3 is 2.65 bits per heavy atom. The topological polar surface area (TPSA) is 57.0 Å². The van der Waals surface area contributed by atoms with Crippen LogP contribution >= 0.6 is 11.6 Å². The van der Waals surface area contributed by atoms with Gasteiger partial charge < -0.3 is 4.74 Å². The Morgan fingerprint density at radius 2 is 2.04 bits per heavy atom. The molecule has 23 heavy (non-hydrogen) atoms. The average Bonchev–Trinajstić information content (AvgIpc) is 3.18. The molecular formula is C17H20ClN3O2. The van der Waals surface area contributed by atoms with Gasteiger partial charge in [0.2, 0.25) is 0 Å². The summed E-state index contributed by atoms with van der Waals surface area (Å²) in [7, 11) is 0. The van der Waals surface area contributed by atoms with Crippen LogP contribution in [0.25, 0.3) is 11.3 Å². The van der Waals surface area contributed by atoms with E-state index in [0.29, 0.717) is 16.6 Å². The van der Waals surface area contributed by atoms with Gasteiger partial charge in [-0.15, -0.1) is 0 Å².